The summed E-state index contributed by atoms with van der Waals surface area (Å²) in [6.45, 7) is 4.79. The smallest absolute Gasteiger partial charge is 0.239 e. The van der Waals surface area contributed by atoms with Crippen molar-refractivity contribution in [2.24, 2.45) is 5.92 Å². The van der Waals surface area contributed by atoms with Crippen molar-refractivity contribution in [1.29, 1.82) is 0 Å². The van der Waals surface area contributed by atoms with E-state index >= 15 is 0 Å². The van der Waals surface area contributed by atoms with Gasteiger partial charge in [0.2, 0.25) is 5.88 Å². The van der Waals surface area contributed by atoms with Gasteiger partial charge in [-0.1, -0.05) is 13.8 Å². The van der Waals surface area contributed by atoms with E-state index in [4.69, 9.17) is 10.5 Å². The summed E-state index contributed by atoms with van der Waals surface area (Å²) in [5.41, 5.74) is 7.61. The van der Waals surface area contributed by atoms with Gasteiger partial charge >= 0.3 is 0 Å². The van der Waals surface area contributed by atoms with Crippen molar-refractivity contribution in [2.75, 3.05) is 12.3 Å². The Balaban J connectivity index is 1.83. The molecule has 0 bridgehead atoms. The number of ether oxygens (including phenoxy) is 1. The van der Waals surface area contributed by atoms with Crippen molar-refractivity contribution < 1.29 is 4.74 Å². The molecule has 0 atom stereocenters. The monoisotopic (exact) mass is 272 g/mol. The highest BCUT2D eigenvalue weighted by Crippen LogP contribution is 2.39. The highest BCUT2D eigenvalue weighted by Gasteiger charge is 2.26. The Kier molecular flexibility index (Phi) is 3.34. The van der Waals surface area contributed by atoms with Crippen LogP contribution in [0.1, 0.15) is 38.3 Å². The Morgan fingerprint density at radius 1 is 1.35 bits per heavy atom. The van der Waals surface area contributed by atoms with Crippen LogP contribution in [0.3, 0.4) is 0 Å². The van der Waals surface area contributed by atoms with Gasteiger partial charge in [-0.25, -0.2) is 4.68 Å². The maximum atomic E-state index is 5.90. The average molecular weight is 272 g/mol. The van der Waals surface area contributed by atoms with Crippen LogP contribution in [0.5, 0.6) is 5.88 Å². The quantitative estimate of drug-likeness (QED) is 0.909. The van der Waals surface area contributed by atoms with Crippen molar-refractivity contribution in [3.05, 3.63) is 30.1 Å². The predicted octanol–water partition coefficient (Wildman–Crippen LogP) is 2.76. The molecule has 0 aliphatic heterocycles. The first-order valence-corrected chi connectivity index (χ1v) is 7.08. The van der Waals surface area contributed by atoms with Crippen molar-refractivity contribution in [3.8, 4) is 11.7 Å². The summed E-state index contributed by atoms with van der Waals surface area (Å²) in [4.78, 5) is 4.46. The van der Waals surface area contributed by atoms with E-state index in [1.54, 1.807) is 4.68 Å². The van der Waals surface area contributed by atoms with E-state index in [9.17, 15) is 0 Å². The minimum Gasteiger partial charge on any atom is -0.476 e. The Morgan fingerprint density at radius 2 is 2.15 bits per heavy atom. The van der Waals surface area contributed by atoms with Gasteiger partial charge in [-0.15, -0.1) is 0 Å². The minimum absolute atomic E-state index is 0.436. The number of hydrogen-bond donors (Lipinski definition) is 1. The average Bonchev–Trinajstić information content (AvgIpc) is 3.16. The summed E-state index contributed by atoms with van der Waals surface area (Å²) < 4.78 is 7.44. The number of rotatable bonds is 5. The van der Waals surface area contributed by atoms with Crippen LogP contribution < -0.4 is 10.5 Å². The Morgan fingerprint density at radius 3 is 2.85 bits per heavy atom. The van der Waals surface area contributed by atoms with E-state index in [-0.39, 0.29) is 0 Å². The second-order valence-corrected chi connectivity index (χ2v) is 5.73. The molecule has 2 heterocycles. The molecule has 1 aliphatic rings. The maximum Gasteiger partial charge on any atom is 0.239 e. The zero-order chi connectivity index (χ0) is 14.1. The summed E-state index contributed by atoms with van der Waals surface area (Å²) in [5, 5.41) is 4.57. The van der Waals surface area contributed by atoms with E-state index in [1.165, 1.54) is 12.8 Å². The summed E-state index contributed by atoms with van der Waals surface area (Å²) >= 11 is 0. The molecule has 1 aliphatic carbocycles. The van der Waals surface area contributed by atoms with Gasteiger partial charge in [-0.3, -0.25) is 0 Å². The van der Waals surface area contributed by atoms with Crippen LogP contribution in [-0.4, -0.2) is 21.4 Å². The summed E-state index contributed by atoms with van der Waals surface area (Å²) in [5.74, 6) is 2.30. The summed E-state index contributed by atoms with van der Waals surface area (Å²) in [6.07, 6.45) is 4.43. The number of aromatic nitrogens is 3. The normalized spacial score (nSPS) is 14.8. The molecule has 0 aromatic carbocycles. The number of nitrogen functional groups attached to an aromatic ring is 1. The van der Waals surface area contributed by atoms with Crippen LogP contribution in [0.15, 0.2) is 24.4 Å². The molecule has 2 N–H and O–H groups in total. The van der Waals surface area contributed by atoms with Crippen molar-refractivity contribution in [1.82, 2.24) is 14.8 Å². The first-order chi connectivity index (χ1) is 9.63. The lowest BCUT2D eigenvalue weighted by atomic mass is 10.2. The van der Waals surface area contributed by atoms with Crippen molar-refractivity contribution >= 4 is 5.69 Å². The molecule has 3 rings (SSSR count). The van der Waals surface area contributed by atoms with E-state index in [0.29, 0.717) is 30.0 Å². The molecule has 5 heteroatoms. The highest BCUT2D eigenvalue weighted by atomic mass is 16.5. The molecule has 0 radical (unpaired) electrons. The molecule has 106 valence electrons. The molecule has 0 spiro atoms. The Labute approximate surface area is 118 Å². The van der Waals surface area contributed by atoms with Crippen molar-refractivity contribution in [2.45, 2.75) is 32.6 Å². The first kappa shape index (κ1) is 13.0. The molecule has 0 saturated heterocycles. The maximum absolute atomic E-state index is 5.90. The van der Waals surface area contributed by atoms with E-state index in [1.807, 2.05) is 18.3 Å². The number of nitrogens with zero attached hydrogens (tertiary/aromatic N) is 3. The Hall–Kier alpha value is -2.04. The summed E-state index contributed by atoms with van der Waals surface area (Å²) in [6, 6.07) is 5.74. The number of pyridine rings is 1. The van der Waals surface area contributed by atoms with Gasteiger partial charge in [0.05, 0.1) is 18.0 Å². The predicted molar refractivity (Wildman–Crippen MR) is 78.1 cm³/mol. The highest BCUT2D eigenvalue weighted by molar-refractivity contribution is 5.50. The third-order valence-electron chi connectivity index (χ3n) is 3.27. The van der Waals surface area contributed by atoms with Crippen LogP contribution in [0.25, 0.3) is 5.82 Å². The number of hydrogen-bond acceptors (Lipinski definition) is 4. The summed E-state index contributed by atoms with van der Waals surface area (Å²) in [7, 11) is 0. The molecule has 1 fully saturated rings. The second-order valence-electron chi connectivity index (χ2n) is 5.73. The SMILES string of the molecule is CC(C)COc1nc(-n2ccc(C3CC3)n2)ccc1N. The standard InChI is InChI=1S/C15H20N4O/c1-10(2)9-20-15-12(16)5-6-14(17-15)19-8-7-13(18-19)11-3-4-11/h5-8,10-11H,3-4,9,16H2,1-2H3. The fourth-order valence-electron chi connectivity index (χ4n) is 1.99. The van der Waals surface area contributed by atoms with Gasteiger partial charge < -0.3 is 10.5 Å². The van der Waals surface area contributed by atoms with Gasteiger partial charge in [0, 0.05) is 12.1 Å². The van der Waals surface area contributed by atoms with Gasteiger partial charge in [0.15, 0.2) is 5.82 Å². The van der Waals surface area contributed by atoms with Crippen LogP contribution >= 0.6 is 0 Å². The fourth-order valence-corrected chi connectivity index (χ4v) is 1.99. The zero-order valence-electron chi connectivity index (χ0n) is 11.9. The third-order valence-corrected chi connectivity index (χ3v) is 3.27. The van der Waals surface area contributed by atoms with Gasteiger partial charge in [-0.05, 0) is 37.0 Å². The van der Waals surface area contributed by atoms with Crippen LogP contribution in [-0.2, 0) is 0 Å². The van der Waals surface area contributed by atoms with E-state index in [0.717, 1.165) is 11.5 Å². The Bertz CT molecular complexity index is 602. The van der Waals surface area contributed by atoms with Crippen LogP contribution in [0.2, 0.25) is 0 Å². The third kappa shape index (κ3) is 2.76. The fraction of sp³-hybridized carbons (Fsp3) is 0.467. The first-order valence-electron chi connectivity index (χ1n) is 7.08. The lowest BCUT2D eigenvalue weighted by Crippen LogP contribution is -2.09. The van der Waals surface area contributed by atoms with Crippen molar-refractivity contribution in [3.63, 3.8) is 0 Å². The molecule has 0 unspecified atom stereocenters. The molecular weight excluding hydrogens is 252 g/mol. The van der Waals surface area contributed by atoms with Gasteiger partial charge in [0.25, 0.3) is 0 Å². The number of nitrogens with two attached hydrogens (primary N) is 1. The lowest BCUT2D eigenvalue weighted by Gasteiger charge is -2.11. The molecule has 2 aromatic heterocycles. The van der Waals surface area contributed by atoms with E-state index < -0.39 is 0 Å². The van der Waals surface area contributed by atoms with Crippen LogP contribution in [0, 0.1) is 5.92 Å². The zero-order valence-corrected chi connectivity index (χ0v) is 11.9. The minimum atomic E-state index is 0.436. The second kappa shape index (κ2) is 5.15. The molecule has 1 saturated carbocycles. The molecule has 20 heavy (non-hydrogen) atoms. The number of anilines is 1. The van der Waals surface area contributed by atoms with Crippen LogP contribution in [0.4, 0.5) is 5.69 Å². The molecule has 2 aromatic rings. The molecule has 5 nitrogen and oxygen atoms in total. The molecule has 0 amide bonds. The van der Waals surface area contributed by atoms with Gasteiger partial charge in [0.1, 0.15) is 0 Å². The van der Waals surface area contributed by atoms with Gasteiger partial charge in [-0.2, -0.15) is 10.1 Å². The molecular formula is C15H20N4O. The van der Waals surface area contributed by atoms with E-state index in [2.05, 4.69) is 30.0 Å². The lowest BCUT2D eigenvalue weighted by molar-refractivity contribution is 0.262. The largest absolute Gasteiger partial charge is 0.476 e. The topological polar surface area (TPSA) is 66.0 Å².